The Balaban J connectivity index is 1.68. The summed E-state index contributed by atoms with van der Waals surface area (Å²) < 4.78 is 19.5. The zero-order valence-corrected chi connectivity index (χ0v) is 24.4. The number of nitrogens with zero attached hydrogens (tertiary/aromatic N) is 3. The molecule has 1 fully saturated rings. The second-order valence-electron chi connectivity index (χ2n) is 8.67. The molecule has 0 N–H and O–H groups in total. The molecular formula is C24H18Cl6N3O3P. The number of hydrogen-bond acceptors (Lipinski definition) is 5. The van der Waals surface area contributed by atoms with E-state index in [0.29, 0.717) is 41.5 Å². The fraction of sp³-hybridized carbons (Fsp3) is 0.208. The molecule has 0 bridgehead atoms. The molecule has 0 unspecified atom stereocenters. The van der Waals surface area contributed by atoms with E-state index in [1.165, 1.54) is 0 Å². The molecule has 0 aliphatic carbocycles. The molecule has 3 aliphatic rings. The van der Waals surface area contributed by atoms with Crippen LogP contribution in [0.3, 0.4) is 0 Å². The third-order valence-electron chi connectivity index (χ3n) is 6.83. The number of amides is 1. The van der Waals surface area contributed by atoms with Crippen LogP contribution in [-0.4, -0.2) is 40.8 Å². The van der Waals surface area contributed by atoms with Gasteiger partial charge in [-0.05, 0) is 0 Å². The molecule has 3 aliphatic heterocycles. The van der Waals surface area contributed by atoms with Gasteiger partial charge in [0.1, 0.15) is 0 Å². The Kier molecular flexibility index (Phi) is 6.38. The van der Waals surface area contributed by atoms with Gasteiger partial charge in [0.2, 0.25) is 0 Å². The zero-order valence-electron chi connectivity index (χ0n) is 18.9. The average molecular weight is 640 g/mol. The monoisotopic (exact) mass is 637 g/mol. The molecule has 3 aromatic carbocycles. The number of alkyl halides is 1. The number of halogens is 6. The van der Waals surface area contributed by atoms with Crippen molar-refractivity contribution >= 4 is 88.7 Å². The molecular weight excluding hydrogens is 622 g/mol. The van der Waals surface area contributed by atoms with Crippen molar-refractivity contribution < 1.29 is 13.8 Å². The van der Waals surface area contributed by atoms with Crippen LogP contribution in [0.25, 0.3) is 0 Å². The Morgan fingerprint density at radius 1 is 0.811 bits per heavy atom. The van der Waals surface area contributed by atoms with Crippen LogP contribution >= 0.6 is 77.1 Å². The van der Waals surface area contributed by atoms with Gasteiger partial charge in [-0.25, -0.2) is 0 Å². The van der Waals surface area contributed by atoms with Crippen LogP contribution < -0.4 is 13.7 Å². The number of benzene rings is 3. The van der Waals surface area contributed by atoms with E-state index in [2.05, 4.69) is 0 Å². The molecule has 1 spiro atoms. The predicted octanol–water partition coefficient (Wildman–Crippen LogP) is 8.57. The van der Waals surface area contributed by atoms with Gasteiger partial charge in [-0.15, -0.1) is 0 Å². The third kappa shape index (κ3) is 3.38. The first kappa shape index (κ1) is 25.9. The molecule has 0 aromatic heterocycles. The van der Waals surface area contributed by atoms with Gasteiger partial charge < -0.3 is 0 Å². The fourth-order valence-electron chi connectivity index (χ4n) is 5.23. The summed E-state index contributed by atoms with van der Waals surface area (Å²) in [5.41, 5.74) is 1.90. The van der Waals surface area contributed by atoms with E-state index >= 15 is 0 Å². The van der Waals surface area contributed by atoms with Crippen LogP contribution in [0.4, 0.5) is 5.69 Å². The summed E-state index contributed by atoms with van der Waals surface area (Å²) in [6.07, 6.45) is 0. The van der Waals surface area contributed by atoms with Gasteiger partial charge in [-0.2, -0.15) is 0 Å². The number of para-hydroxylation sites is 1. The summed E-state index contributed by atoms with van der Waals surface area (Å²) in [5.74, 6) is 0.222. The molecule has 194 valence electrons. The maximum atomic E-state index is 14.4. The minimum absolute atomic E-state index is 0.0327. The Morgan fingerprint density at radius 3 is 2.08 bits per heavy atom. The first-order valence-electron chi connectivity index (χ1n) is 11.3. The Labute approximate surface area is 243 Å². The molecule has 3 heterocycles. The predicted molar refractivity (Wildman–Crippen MR) is 152 cm³/mol. The van der Waals surface area contributed by atoms with Crippen LogP contribution in [0.1, 0.15) is 15.9 Å². The van der Waals surface area contributed by atoms with Gasteiger partial charge in [0.25, 0.3) is 0 Å². The number of hydrogen-bond donors (Lipinski definition) is 0. The van der Waals surface area contributed by atoms with Gasteiger partial charge in [-0.3, -0.25) is 0 Å². The van der Waals surface area contributed by atoms with Crippen molar-refractivity contribution in [1.29, 1.82) is 0 Å². The first-order valence-corrected chi connectivity index (χ1v) is 15.6. The molecule has 13 heteroatoms. The van der Waals surface area contributed by atoms with Gasteiger partial charge in [0.05, 0.1) is 0 Å². The number of carbonyl (C=O) groups excluding carboxylic acids is 1. The van der Waals surface area contributed by atoms with E-state index in [1.54, 1.807) is 16.8 Å². The SMILES string of the molecule is O=C1c2ccccc2N2CCN(CCCl)P23(Oc2c(Cl)c(Cl)c(Cl)c(Cl)c2O3)N1Cc1ccccc1Cl. The van der Waals surface area contributed by atoms with Crippen LogP contribution in [0.5, 0.6) is 11.5 Å². The van der Waals surface area contributed by atoms with Crippen molar-refractivity contribution in [2.24, 2.45) is 0 Å². The summed E-state index contributed by atoms with van der Waals surface area (Å²) in [7, 11) is -4.56. The molecule has 0 atom stereocenters. The molecule has 1 saturated heterocycles. The fourth-order valence-corrected chi connectivity index (χ4v) is 11.9. The number of rotatable bonds is 4. The molecule has 3 aromatic rings. The molecule has 1 amide bonds. The number of fused-ring (bicyclic) bond motifs is 3. The average Bonchev–Trinajstić information content (AvgIpc) is 3.43. The van der Waals surface area contributed by atoms with Gasteiger partial charge in [0.15, 0.2) is 0 Å². The molecule has 6 nitrogen and oxygen atoms in total. The number of carbonyl (C=O) groups is 1. The topological polar surface area (TPSA) is 45.3 Å². The van der Waals surface area contributed by atoms with Crippen molar-refractivity contribution in [3.8, 4) is 11.5 Å². The summed E-state index contributed by atoms with van der Waals surface area (Å²) >= 11 is 39.0. The van der Waals surface area contributed by atoms with E-state index < -0.39 is 7.51 Å². The van der Waals surface area contributed by atoms with Crippen LogP contribution in [-0.2, 0) is 6.54 Å². The minimum atomic E-state index is -4.56. The van der Waals surface area contributed by atoms with E-state index in [9.17, 15) is 4.79 Å². The van der Waals surface area contributed by atoms with Crippen molar-refractivity contribution in [3.63, 3.8) is 0 Å². The van der Waals surface area contributed by atoms with Crippen LogP contribution in [0, 0.1) is 0 Å². The van der Waals surface area contributed by atoms with Gasteiger partial charge in [-0.1, -0.05) is 0 Å². The van der Waals surface area contributed by atoms with Crippen LogP contribution in [0.2, 0.25) is 25.1 Å². The normalized spacial score (nSPS) is 20.1. The van der Waals surface area contributed by atoms with Gasteiger partial charge >= 0.3 is 245 Å². The van der Waals surface area contributed by atoms with Crippen molar-refractivity contribution in [3.05, 3.63) is 84.8 Å². The summed E-state index contributed by atoms with van der Waals surface area (Å²) in [6.45, 7) is 1.43. The number of anilines is 1. The summed E-state index contributed by atoms with van der Waals surface area (Å²) in [5, 5.41) is 0.656. The standard InChI is InChI=1S/C24H18Cl6N3O3P/c25-9-10-31-11-12-32-17-8-4-2-6-15(17)24(34)33(13-14-5-1-3-7-16(14)26)37(31,32)35-22-20(29)18(27)19(28)21(30)23(22)36-37/h1-8H,9-13H2. The zero-order chi connectivity index (χ0) is 26.1. The van der Waals surface area contributed by atoms with E-state index in [-0.39, 0.29) is 49.9 Å². The van der Waals surface area contributed by atoms with Crippen molar-refractivity contribution in [1.82, 2.24) is 9.34 Å². The molecule has 37 heavy (non-hydrogen) atoms. The Morgan fingerprint density at radius 2 is 1.43 bits per heavy atom. The molecule has 6 rings (SSSR count). The summed E-state index contributed by atoms with van der Waals surface area (Å²) in [6, 6.07) is 14.6. The van der Waals surface area contributed by atoms with Crippen molar-refractivity contribution in [2.75, 3.05) is 30.2 Å². The Bertz CT molecular complexity index is 1440. The second kappa shape index (κ2) is 9.11. The molecule has 0 saturated carbocycles. The van der Waals surface area contributed by atoms with Gasteiger partial charge in [0, 0.05) is 0 Å². The quantitative estimate of drug-likeness (QED) is 0.124. The van der Waals surface area contributed by atoms with Crippen LogP contribution in [0.15, 0.2) is 48.5 Å². The van der Waals surface area contributed by atoms with E-state index in [0.717, 1.165) is 0 Å². The summed E-state index contributed by atoms with van der Waals surface area (Å²) in [4.78, 5) is 14.4. The van der Waals surface area contributed by atoms with E-state index in [4.69, 9.17) is 78.7 Å². The van der Waals surface area contributed by atoms with E-state index in [1.807, 2.05) is 45.7 Å². The Hall–Kier alpha value is -1.34. The second-order valence-corrected chi connectivity index (χ2v) is 14.5. The first-order chi connectivity index (χ1) is 17.7. The third-order valence-corrected chi connectivity index (χ3v) is 13.9. The maximum absolute atomic E-state index is 14.4. The van der Waals surface area contributed by atoms with Crippen molar-refractivity contribution in [2.45, 2.75) is 6.54 Å². The molecule has 0 radical (unpaired) electrons.